The van der Waals surface area contributed by atoms with Crippen LogP contribution in [0.3, 0.4) is 0 Å². The molecule has 0 saturated carbocycles. The van der Waals surface area contributed by atoms with Crippen LogP contribution in [0.5, 0.6) is 0 Å². The molecular formula is C12H11F2NO3S2. The molecule has 108 valence electrons. The highest BCUT2D eigenvalue weighted by Crippen LogP contribution is 2.28. The minimum absolute atomic E-state index is 0.0669. The van der Waals surface area contributed by atoms with Crippen molar-refractivity contribution in [1.29, 1.82) is 0 Å². The number of sulfonamides is 1. The van der Waals surface area contributed by atoms with Crippen LogP contribution in [0.25, 0.3) is 0 Å². The van der Waals surface area contributed by atoms with Crippen molar-refractivity contribution in [2.45, 2.75) is 17.7 Å². The lowest BCUT2D eigenvalue weighted by Crippen LogP contribution is -2.13. The van der Waals surface area contributed by atoms with Gasteiger partial charge < -0.3 is 5.11 Å². The first kappa shape index (κ1) is 14.9. The Hall–Kier alpha value is -1.51. The lowest BCUT2D eigenvalue weighted by Gasteiger charge is -2.07. The second-order valence-electron chi connectivity index (χ2n) is 4.04. The number of aliphatic hydroxyl groups excluding tert-OH is 1. The lowest BCUT2D eigenvalue weighted by atomic mass is 10.3. The van der Waals surface area contributed by atoms with Crippen molar-refractivity contribution in [2.75, 3.05) is 4.72 Å². The van der Waals surface area contributed by atoms with Crippen LogP contribution in [0.2, 0.25) is 0 Å². The summed E-state index contributed by atoms with van der Waals surface area (Å²) in [7, 11) is -4.01. The molecule has 8 heteroatoms. The van der Waals surface area contributed by atoms with Crippen LogP contribution in [0.1, 0.15) is 10.4 Å². The highest BCUT2D eigenvalue weighted by atomic mass is 32.2. The number of thiophene rings is 1. The van der Waals surface area contributed by atoms with E-state index in [2.05, 4.69) is 0 Å². The van der Waals surface area contributed by atoms with E-state index in [9.17, 15) is 17.2 Å². The number of aliphatic hydroxyl groups is 1. The molecule has 0 aliphatic carbocycles. The Kier molecular flexibility index (Phi) is 4.07. The number of rotatable bonds is 4. The Labute approximate surface area is 118 Å². The van der Waals surface area contributed by atoms with E-state index in [1.807, 2.05) is 4.72 Å². The van der Waals surface area contributed by atoms with Crippen LogP contribution in [0.15, 0.2) is 28.5 Å². The predicted molar refractivity (Wildman–Crippen MR) is 72.1 cm³/mol. The van der Waals surface area contributed by atoms with Gasteiger partial charge in [0.2, 0.25) is 0 Å². The largest absolute Gasteiger partial charge is 0.391 e. The second-order valence-corrected chi connectivity index (χ2v) is 7.08. The Morgan fingerprint density at radius 3 is 2.65 bits per heavy atom. The fourth-order valence-corrected chi connectivity index (χ4v) is 4.06. The molecule has 0 bridgehead atoms. The average molecular weight is 319 g/mol. The summed E-state index contributed by atoms with van der Waals surface area (Å²) in [5.41, 5.74) is 0.166. The van der Waals surface area contributed by atoms with Gasteiger partial charge >= 0.3 is 0 Å². The van der Waals surface area contributed by atoms with Crippen molar-refractivity contribution in [2.24, 2.45) is 0 Å². The van der Waals surface area contributed by atoms with E-state index >= 15 is 0 Å². The number of hydrogen-bond donors (Lipinski definition) is 2. The summed E-state index contributed by atoms with van der Waals surface area (Å²) in [6.07, 6.45) is 0. The molecule has 0 radical (unpaired) electrons. The molecule has 0 saturated heterocycles. The maximum absolute atomic E-state index is 13.5. The minimum Gasteiger partial charge on any atom is -0.391 e. The summed E-state index contributed by atoms with van der Waals surface area (Å²) in [5.74, 6) is -2.39. The summed E-state index contributed by atoms with van der Waals surface area (Å²) < 4.78 is 52.6. The van der Waals surface area contributed by atoms with Gasteiger partial charge in [-0.3, -0.25) is 4.72 Å². The molecule has 0 atom stereocenters. The van der Waals surface area contributed by atoms with E-state index < -0.39 is 27.3 Å². The third kappa shape index (κ3) is 2.82. The molecule has 2 N–H and O–H groups in total. The summed E-state index contributed by atoms with van der Waals surface area (Å²) in [6, 6.07) is 4.60. The maximum atomic E-state index is 13.5. The zero-order valence-corrected chi connectivity index (χ0v) is 12.0. The van der Waals surface area contributed by atoms with E-state index in [0.717, 1.165) is 23.5 Å². The van der Waals surface area contributed by atoms with Crippen molar-refractivity contribution in [3.05, 3.63) is 46.3 Å². The van der Waals surface area contributed by atoms with E-state index in [1.54, 1.807) is 6.92 Å². The standard InChI is InChI=1S/C12H11F2NO3S2/c1-7-5-11(19-10(7)6-16)20(17,18)15-9-4-2-3-8(13)12(9)14/h2-5,15-16H,6H2,1H3. The Morgan fingerprint density at radius 2 is 2.05 bits per heavy atom. The van der Waals surface area contributed by atoms with Crippen molar-refractivity contribution < 1.29 is 22.3 Å². The zero-order valence-electron chi connectivity index (χ0n) is 10.4. The fourth-order valence-electron chi connectivity index (χ4n) is 1.56. The molecule has 1 heterocycles. The van der Waals surface area contributed by atoms with Gasteiger partial charge in [0.25, 0.3) is 10.0 Å². The van der Waals surface area contributed by atoms with E-state index in [0.29, 0.717) is 10.4 Å². The molecule has 20 heavy (non-hydrogen) atoms. The molecule has 1 aromatic heterocycles. The molecule has 0 aliphatic rings. The van der Waals surface area contributed by atoms with Gasteiger partial charge in [0.1, 0.15) is 4.21 Å². The molecule has 1 aromatic carbocycles. The normalized spacial score (nSPS) is 11.6. The maximum Gasteiger partial charge on any atom is 0.271 e. The minimum atomic E-state index is -4.01. The van der Waals surface area contributed by atoms with E-state index in [1.165, 1.54) is 12.1 Å². The van der Waals surface area contributed by atoms with Gasteiger partial charge in [0.15, 0.2) is 11.6 Å². The van der Waals surface area contributed by atoms with Crippen LogP contribution in [-0.2, 0) is 16.6 Å². The summed E-state index contributed by atoms with van der Waals surface area (Å²) in [5, 5.41) is 9.05. The van der Waals surface area contributed by atoms with Crippen LogP contribution < -0.4 is 4.72 Å². The molecule has 0 spiro atoms. The number of hydrogen-bond acceptors (Lipinski definition) is 4. The van der Waals surface area contributed by atoms with E-state index in [4.69, 9.17) is 5.11 Å². The highest BCUT2D eigenvalue weighted by molar-refractivity contribution is 7.94. The van der Waals surface area contributed by atoms with Crippen molar-refractivity contribution >= 4 is 27.0 Å². The first-order chi connectivity index (χ1) is 9.35. The number of anilines is 1. The number of halogens is 2. The molecule has 0 fully saturated rings. The van der Waals surface area contributed by atoms with Crippen molar-refractivity contribution in [3.63, 3.8) is 0 Å². The van der Waals surface area contributed by atoms with Gasteiger partial charge in [-0.25, -0.2) is 17.2 Å². The first-order valence-electron chi connectivity index (χ1n) is 5.52. The zero-order chi connectivity index (χ0) is 14.9. The third-order valence-corrected chi connectivity index (χ3v) is 5.66. The monoisotopic (exact) mass is 319 g/mol. The number of nitrogens with one attached hydrogen (secondary N) is 1. The summed E-state index contributed by atoms with van der Waals surface area (Å²) >= 11 is 0.879. The van der Waals surface area contributed by atoms with E-state index in [-0.39, 0.29) is 10.8 Å². The van der Waals surface area contributed by atoms with Crippen LogP contribution in [0.4, 0.5) is 14.5 Å². The molecule has 2 aromatic rings. The quantitative estimate of drug-likeness (QED) is 0.910. The topological polar surface area (TPSA) is 66.4 Å². The van der Waals surface area contributed by atoms with Crippen LogP contribution >= 0.6 is 11.3 Å². The smallest absolute Gasteiger partial charge is 0.271 e. The average Bonchev–Trinajstić information content (AvgIpc) is 2.77. The van der Waals surface area contributed by atoms with Gasteiger partial charge in [0, 0.05) is 4.88 Å². The summed E-state index contributed by atoms with van der Waals surface area (Å²) in [6.45, 7) is 1.38. The second kappa shape index (κ2) is 5.47. The van der Waals surface area contributed by atoms with Gasteiger partial charge in [-0.05, 0) is 30.7 Å². The first-order valence-corrected chi connectivity index (χ1v) is 7.82. The SMILES string of the molecule is Cc1cc(S(=O)(=O)Nc2cccc(F)c2F)sc1CO. The van der Waals surface area contributed by atoms with Crippen LogP contribution in [0, 0.1) is 18.6 Å². The number of benzene rings is 1. The molecule has 0 amide bonds. The molecule has 0 aliphatic heterocycles. The van der Waals surface area contributed by atoms with Gasteiger partial charge in [0.05, 0.1) is 12.3 Å². The Morgan fingerprint density at radius 1 is 1.35 bits per heavy atom. The predicted octanol–water partition coefficient (Wildman–Crippen LogP) is 2.63. The van der Waals surface area contributed by atoms with Gasteiger partial charge in [-0.1, -0.05) is 6.07 Å². The molecule has 4 nitrogen and oxygen atoms in total. The van der Waals surface area contributed by atoms with Gasteiger partial charge in [-0.2, -0.15) is 0 Å². The Balaban J connectivity index is 2.38. The molecule has 2 rings (SSSR count). The lowest BCUT2D eigenvalue weighted by molar-refractivity contribution is 0.285. The third-order valence-electron chi connectivity index (χ3n) is 2.60. The van der Waals surface area contributed by atoms with Gasteiger partial charge in [-0.15, -0.1) is 11.3 Å². The van der Waals surface area contributed by atoms with Crippen molar-refractivity contribution in [3.8, 4) is 0 Å². The molecular weight excluding hydrogens is 308 g/mol. The fraction of sp³-hybridized carbons (Fsp3) is 0.167. The summed E-state index contributed by atoms with van der Waals surface area (Å²) in [4.78, 5) is 0.505. The van der Waals surface area contributed by atoms with Crippen molar-refractivity contribution in [1.82, 2.24) is 0 Å². The molecule has 0 unspecified atom stereocenters. The Bertz CT molecular complexity index is 741. The number of aryl methyl sites for hydroxylation is 1. The highest BCUT2D eigenvalue weighted by Gasteiger charge is 2.21. The van der Waals surface area contributed by atoms with Crippen LogP contribution in [-0.4, -0.2) is 13.5 Å².